The molecule has 0 atom stereocenters. The molecule has 4 nitrogen and oxygen atoms in total. The van der Waals surface area contributed by atoms with E-state index in [1.807, 2.05) is 0 Å². The van der Waals surface area contributed by atoms with Gasteiger partial charge in [0, 0.05) is 0 Å². The fourth-order valence-electron chi connectivity index (χ4n) is 1.43. The Balaban J connectivity index is 3.28. The van der Waals surface area contributed by atoms with Crippen molar-refractivity contribution in [3.05, 3.63) is 23.3 Å². The van der Waals surface area contributed by atoms with Crippen molar-refractivity contribution in [3.8, 4) is 11.5 Å². The Hall–Kier alpha value is -1.94. The van der Waals surface area contributed by atoms with Crippen LogP contribution in [-0.2, 0) is 11.3 Å². The van der Waals surface area contributed by atoms with Gasteiger partial charge in [-0.3, -0.25) is 0 Å². The van der Waals surface area contributed by atoms with Crippen LogP contribution in [0.3, 0.4) is 0 Å². The second-order valence-electron chi connectivity index (χ2n) is 3.13. The number of hydrogen-bond donors (Lipinski definition) is 0. The van der Waals surface area contributed by atoms with E-state index in [4.69, 9.17) is 9.47 Å². The third-order valence-corrected chi connectivity index (χ3v) is 2.13. The molecule has 0 fully saturated rings. The summed E-state index contributed by atoms with van der Waals surface area (Å²) >= 11 is 0. The first-order valence-electron chi connectivity index (χ1n) is 4.70. The number of nitrogens with zero attached hydrogens (tertiary/aromatic N) is 1. The van der Waals surface area contributed by atoms with E-state index in [0.717, 1.165) is 0 Å². The summed E-state index contributed by atoms with van der Waals surface area (Å²) in [6.07, 6.45) is -1.35. The Kier molecular flexibility index (Phi) is 4.60. The van der Waals surface area contributed by atoms with E-state index in [9.17, 15) is 13.6 Å². The van der Waals surface area contributed by atoms with Crippen LogP contribution in [0.25, 0.3) is 0 Å². The molecule has 0 saturated heterocycles. The number of ether oxygens (including phenoxy) is 2. The molecular formula is C11H11F2NO3. The molecule has 1 rings (SSSR count). The topological polar surface area (TPSA) is 47.9 Å². The zero-order valence-corrected chi connectivity index (χ0v) is 9.37. The molecule has 1 aromatic rings. The highest BCUT2D eigenvalue weighted by atomic mass is 19.3. The third kappa shape index (κ3) is 3.01. The molecule has 0 radical (unpaired) electrons. The van der Waals surface area contributed by atoms with Crippen molar-refractivity contribution in [2.45, 2.75) is 13.0 Å². The van der Waals surface area contributed by atoms with Crippen molar-refractivity contribution in [1.82, 2.24) is 0 Å². The summed E-state index contributed by atoms with van der Waals surface area (Å²) in [6, 6.07) is 2.72. The lowest BCUT2D eigenvalue weighted by atomic mass is 10.1. The number of aliphatic imine (C=N–C) groups is 1. The highest BCUT2D eigenvalue weighted by molar-refractivity contribution is 5.50. The Bertz CT molecular complexity index is 443. The van der Waals surface area contributed by atoms with Gasteiger partial charge in [-0.05, 0) is 17.7 Å². The molecule has 0 N–H and O–H groups in total. The van der Waals surface area contributed by atoms with Gasteiger partial charge in [-0.1, -0.05) is 0 Å². The number of isocyanates is 1. The van der Waals surface area contributed by atoms with Crippen LogP contribution in [0, 0.1) is 0 Å². The number of benzene rings is 1. The van der Waals surface area contributed by atoms with Crippen LogP contribution in [0.2, 0.25) is 0 Å². The quantitative estimate of drug-likeness (QED) is 0.589. The number of methoxy groups -OCH3 is 2. The van der Waals surface area contributed by atoms with Crippen LogP contribution in [0.5, 0.6) is 11.5 Å². The van der Waals surface area contributed by atoms with Crippen molar-refractivity contribution < 1.29 is 23.0 Å². The van der Waals surface area contributed by atoms with Crippen molar-refractivity contribution >= 4 is 6.08 Å². The van der Waals surface area contributed by atoms with E-state index in [-0.39, 0.29) is 23.6 Å². The van der Waals surface area contributed by atoms with Crippen LogP contribution in [0.1, 0.15) is 17.6 Å². The summed E-state index contributed by atoms with van der Waals surface area (Å²) in [5.41, 5.74) is 0.143. The summed E-state index contributed by atoms with van der Waals surface area (Å²) in [6.45, 7) is -0.0242. The maximum absolute atomic E-state index is 12.8. The van der Waals surface area contributed by atoms with E-state index in [0.29, 0.717) is 5.56 Å². The average Bonchev–Trinajstić information content (AvgIpc) is 2.34. The fraction of sp³-hybridized carbons (Fsp3) is 0.364. The lowest BCUT2D eigenvalue weighted by Gasteiger charge is -2.13. The predicted octanol–water partition coefficient (Wildman–Crippen LogP) is 2.48. The predicted molar refractivity (Wildman–Crippen MR) is 56.3 cm³/mol. The normalized spacial score (nSPS) is 9.94. The van der Waals surface area contributed by atoms with Gasteiger partial charge in [-0.15, -0.1) is 0 Å². The summed E-state index contributed by atoms with van der Waals surface area (Å²) in [5.74, 6) is 0.169. The second-order valence-corrected chi connectivity index (χ2v) is 3.13. The first kappa shape index (κ1) is 13.1. The van der Waals surface area contributed by atoms with E-state index in [1.54, 1.807) is 0 Å². The van der Waals surface area contributed by atoms with E-state index in [1.165, 1.54) is 32.4 Å². The van der Waals surface area contributed by atoms with Crippen LogP contribution in [0.15, 0.2) is 17.1 Å². The first-order chi connectivity index (χ1) is 8.13. The number of carbonyl (C=O) groups excluding carboxylic acids is 1. The lowest BCUT2D eigenvalue weighted by Crippen LogP contribution is -1.98. The van der Waals surface area contributed by atoms with Crippen molar-refractivity contribution in [1.29, 1.82) is 0 Å². The molecule has 0 amide bonds. The van der Waals surface area contributed by atoms with Crippen LogP contribution in [0.4, 0.5) is 8.78 Å². The molecule has 0 aliphatic rings. The maximum Gasteiger partial charge on any atom is 0.267 e. The zero-order chi connectivity index (χ0) is 12.8. The van der Waals surface area contributed by atoms with Gasteiger partial charge in [0.25, 0.3) is 6.43 Å². The number of hydrogen-bond acceptors (Lipinski definition) is 4. The Morgan fingerprint density at radius 2 is 2.06 bits per heavy atom. The minimum atomic E-state index is -2.70. The van der Waals surface area contributed by atoms with Gasteiger partial charge in [-0.2, -0.15) is 0 Å². The summed E-state index contributed by atoms with van der Waals surface area (Å²) in [5, 5.41) is 0. The van der Waals surface area contributed by atoms with Gasteiger partial charge in [0.2, 0.25) is 6.08 Å². The van der Waals surface area contributed by atoms with E-state index in [2.05, 4.69) is 4.99 Å². The van der Waals surface area contributed by atoms with Gasteiger partial charge in [-0.25, -0.2) is 18.6 Å². The smallest absolute Gasteiger partial charge is 0.267 e. The molecule has 0 heterocycles. The molecule has 6 heteroatoms. The van der Waals surface area contributed by atoms with Crippen molar-refractivity contribution in [2.24, 2.45) is 4.99 Å². The monoisotopic (exact) mass is 243 g/mol. The highest BCUT2D eigenvalue weighted by Gasteiger charge is 2.19. The molecule has 0 spiro atoms. The average molecular weight is 243 g/mol. The summed E-state index contributed by atoms with van der Waals surface area (Å²) < 4.78 is 35.4. The molecule has 17 heavy (non-hydrogen) atoms. The van der Waals surface area contributed by atoms with E-state index >= 15 is 0 Å². The first-order valence-corrected chi connectivity index (χ1v) is 4.70. The lowest BCUT2D eigenvalue weighted by molar-refractivity contribution is 0.146. The minimum Gasteiger partial charge on any atom is -0.493 e. The summed E-state index contributed by atoms with van der Waals surface area (Å²) in [7, 11) is 2.63. The van der Waals surface area contributed by atoms with Gasteiger partial charge in [0.05, 0.1) is 26.3 Å². The van der Waals surface area contributed by atoms with E-state index < -0.39 is 6.43 Å². The summed E-state index contributed by atoms with van der Waals surface area (Å²) in [4.78, 5) is 13.3. The van der Waals surface area contributed by atoms with Crippen molar-refractivity contribution in [3.63, 3.8) is 0 Å². The van der Waals surface area contributed by atoms with Crippen LogP contribution < -0.4 is 9.47 Å². The SMILES string of the molecule is COc1cc(CN=C=O)cc(C(F)F)c1OC. The minimum absolute atomic E-state index is 0.0127. The third-order valence-electron chi connectivity index (χ3n) is 2.13. The Labute approximate surface area is 96.9 Å². The molecule has 0 aliphatic heterocycles. The molecular weight excluding hydrogens is 232 g/mol. The van der Waals surface area contributed by atoms with Gasteiger partial charge < -0.3 is 9.47 Å². The Morgan fingerprint density at radius 1 is 1.35 bits per heavy atom. The van der Waals surface area contributed by atoms with Gasteiger partial charge in [0.15, 0.2) is 11.5 Å². The Morgan fingerprint density at radius 3 is 2.53 bits per heavy atom. The molecule has 92 valence electrons. The molecule has 0 aromatic heterocycles. The second kappa shape index (κ2) is 5.96. The molecule has 0 saturated carbocycles. The maximum atomic E-state index is 12.8. The fourth-order valence-corrected chi connectivity index (χ4v) is 1.43. The standard InChI is InChI=1S/C11H11F2NO3/c1-16-9-4-7(5-14-6-15)3-8(11(12)13)10(9)17-2/h3-4,11H,5H2,1-2H3. The van der Waals surface area contributed by atoms with Crippen LogP contribution in [-0.4, -0.2) is 20.3 Å². The van der Waals surface area contributed by atoms with Crippen LogP contribution >= 0.6 is 0 Å². The van der Waals surface area contributed by atoms with Crippen molar-refractivity contribution in [2.75, 3.05) is 14.2 Å². The number of halogens is 2. The number of rotatable bonds is 5. The molecule has 0 unspecified atom stereocenters. The molecule has 0 aliphatic carbocycles. The zero-order valence-electron chi connectivity index (χ0n) is 9.37. The van der Waals surface area contributed by atoms with Gasteiger partial charge in [0.1, 0.15) is 0 Å². The molecule has 0 bridgehead atoms. The highest BCUT2D eigenvalue weighted by Crippen LogP contribution is 2.38. The number of alkyl halides is 2. The largest absolute Gasteiger partial charge is 0.493 e. The van der Waals surface area contributed by atoms with Gasteiger partial charge >= 0.3 is 0 Å². The molecule has 1 aromatic carbocycles.